The number of rotatable bonds is 6. The Labute approximate surface area is 185 Å². The van der Waals surface area contributed by atoms with E-state index in [-0.39, 0.29) is 24.1 Å². The van der Waals surface area contributed by atoms with Gasteiger partial charge in [0.15, 0.2) is 5.69 Å². The van der Waals surface area contributed by atoms with Crippen LogP contribution in [-0.2, 0) is 11.3 Å². The van der Waals surface area contributed by atoms with Crippen molar-refractivity contribution >= 4 is 29.1 Å². The predicted molar refractivity (Wildman–Crippen MR) is 121 cm³/mol. The van der Waals surface area contributed by atoms with Crippen LogP contribution in [0.1, 0.15) is 35.6 Å². The molecule has 0 aliphatic rings. The Morgan fingerprint density at radius 3 is 2.48 bits per heavy atom. The first-order valence-electron chi connectivity index (χ1n) is 9.79. The van der Waals surface area contributed by atoms with Crippen LogP contribution in [0.5, 0.6) is 0 Å². The molecule has 7 nitrogen and oxygen atoms in total. The second kappa shape index (κ2) is 9.57. The molecule has 8 heteroatoms. The van der Waals surface area contributed by atoms with E-state index in [1.807, 2.05) is 19.9 Å². The van der Waals surface area contributed by atoms with Gasteiger partial charge in [-0.25, -0.2) is 4.68 Å². The molecule has 2 N–H and O–H groups in total. The number of benzene rings is 2. The number of hydrogen-bond acceptors (Lipinski definition) is 4. The second-order valence-electron chi connectivity index (χ2n) is 7.41. The van der Waals surface area contributed by atoms with Crippen molar-refractivity contribution in [2.75, 3.05) is 5.32 Å². The van der Waals surface area contributed by atoms with Gasteiger partial charge in [-0.15, -0.1) is 0 Å². The summed E-state index contributed by atoms with van der Waals surface area (Å²) < 4.78 is 1.52. The number of aryl methyl sites for hydroxylation is 1. The van der Waals surface area contributed by atoms with E-state index in [1.165, 1.54) is 10.7 Å². The minimum atomic E-state index is -0.579. The molecular formula is C23H23ClN4O3. The standard InChI is InChI=1S/C23H23ClN4O3/c1-14(2)22(30)26-18-6-4-5-16(12-18)13-25-23(31)21-20(29)11-15(3)28(27-21)19-9-7-17(24)8-10-19/h4-12,14H,13H2,1-3H3,(H,25,31)(H,26,30). The van der Waals surface area contributed by atoms with Crippen molar-refractivity contribution in [2.45, 2.75) is 27.3 Å². The Morgan fingerprint density at radius 1 is 1.10 bits per heavy atom. The smallest absolute Gasteiger partial charge is 0.276 e. The third kappa shape index (κ3) is 5.58. The summed E-state index contributed by atoms with van der Waals surface area (Å²) >= 11 is 5.93. The van der Waals surface area contributed by atoms with Crippen LogP contribution in [0.4, 0.5) is 5.69 Å². The monoisotopic (exact) mass is 438 g/mol. The van der Waals surface area contributed by atoms with E-state index >= 15 is 0 Å². The van der Waals surface area contributed by atoms with E-state index in [9.17, 15) is 14.4 Å². The fraction of sp³-hybridized carbons (Fsp3) is 0.217. The zero-order valence-corrected chi connectivity index (χ0v) is 18.2. The average molecular weight is 439 g/mol. The van der Waals surface area contributed by atoms with E-state index < -0.39 is 11.3 Å². The summed E-state index contributed by atoms with van der Waals surface area (Å²) in [5.74, 6) is -0.809. The lowest BCUT2D eigenvalue weighted by Gasteiger charge is -2.12. The molecule has 0 saturated carbocycles. The van der Waals surface area contributed by atoms with Crippen molar-refractivity contribution in [2.24, 2.45) is 5.92 Å². The number of nitrogens with zero attached hydrogens (tertiary/aromatic N) is 2. The third-order valence-corrected chi connectivity index (χ3v) is 4.82. The molecule has 0 radical (unpaired) electrons. The average Bonchev–Trinajstić information content (AvgIpc) is 2.73. The van der Waals surface area contributed by atoms with Gasteiger partial charge >= 0.3 is 0 Å². The topological polar surface area (TPSA) is 93.1 Å². The molecule has 0 aliphatic carbocycles. The van der Waals surface area contributed by atoms with E-state index in [0.29, 0.717) is 22.1 Å². The Hall–Kier alpha value is -3.45. The molecule has 31 heavy (non-hydrogen) atoms. The van der Waals surface area contributed by atoms with E-state index in [1.54, 1.807) is 49.4 Å². The Balaban J connectivity index is 1.77. The van der Waals surface area contributed by atoms with Crippen LogP contribution in [0, 0.1) is 12.8 Å². The normalized spacial score (nSPS) is 10.7. The molecule has 0 bridgehead atoms. The molecule has 3 aromatic rings. The van der Waals surface area contributed by atoms with Crippen LogP contribution >= 0.6 is 11.6 Å². The van der Waals surface area contributed by atoms with Crippen LogP contribution in [0.15, 0.2) is 59.4 Å². The molecular weight excluding hydrogens is 416 g/mol. The molecule has 0 fully saturated rings. The molecule has 1 aromatic heterocycles. The van der Waals surface area contributed by atoms with E-state index in [4.69, 9.17) is 11.6 Å². The van der Waals surface area contributed by atoms with Crippen LogP contribution < -0.4 is 16.1 Å². The van der Waals surface area contributed by atoms with Gasteiger partial charge in [0.25, 0.3) is 5.91 Å². The van der Waals surface area contributed by atoms with Gasteiger partial charge in [-0.05, 0) is 48.9 Å². The van der Waals surface area contributed by atoms with Crippen molar-refractivity contribution in [3.05, 3.63) is 86.8 Å². The predicted octanol–water partition coefficient (Wildman–Crippen LogP) is 3.72. The number of aromatic nitrogens is 2. The highest BCUT2D eigenvalue weighted by molar-refractivity contribution is 6.30. The summed E-state index contributed by atoms with van der Waals surface area (Å²) in [5.41, 5.74) is 2.04. The third-order valence-electron chi connectivity index (χ3n) is 4.57. The molecule has 0 atom stereocenters. The molecule has 0 spiro atoms. The van der Waals surface area contributed by atoms with Gasteiger partial charge in [-0.1, -0.05) is 37.6 Å². The molecule has 160 valence electrons. The fourth-order valence-electron chi connectivity index (χ4n) is 2.86. The lowest BCUT2D eigenvalue weighted by molar-refractivity contribution is -0.118. The van der Waals surface area contributed by atoms with Gasteiger partial charge in [0, 0.05) is 34.9 Å². The summed E-state index contributed by atoms with van der Waals surface area (Å²) in [6, 6.07) is 15.5. The van der Waals surface area contributed by atoms with Gasteiger partial charge < -0.3 is 10.6 Å². The molecule has 0 unspecified atom stereocenters. The van der Waals surface area contributed by atoms with Gasteiger partial charge in [0.2, 0.25) is 11.3 Å². The highest BCUT2D eigenvalue weighted by Crippen LogP contribution is 2.14. The number of amides is 2. The lowest BCUT2D eigenvalue weighted by Crippen LogP contribution is -2.31. The first-order valence-corrected chi connectivity index (χ1v) is 10.2. The number of carbonyl (C=O) groups excluding carboxylic acids is 2. The molecule has 1 heterocycles. The molecule has 3 rings (SSSR count). The maximum absolute atomic E-state index is 12.7. The zero-order chi connectivity index (χ0) is 22.5. The summed E-state index contributed by atoms with van der Waals surface area (Å²) in [6.07, 6.45) is 0. The van der Waals surface area contributed by atoms with Crippen molar-refractivity contribution in [3.63, 3.8) is 0 Å². The summed E-state index contributed by atoms with van der Waals surface area (Å²) in [7, 11) is 0. The van der Waals surface area contributed by atoms with Gasteiger partial charge in [-0.2, -0.15) is 5.10 Å². The van der Waals surface area contributed by atoms with Crippen molar-refractivity contribution in [3.8, 4) is 5.69 Å². The van der Waals surface area contributed by atoms with Crippen molar-refractivity contribution < 1.29 is 9.59 Å². The maximum Gasteiger partial charge on any atom is 0.276 e. The molecule has 2 aromatic carbocycles. The van der Waals surface area contributed by atoms with Crippen LogP contribution in [-0.4, -0.2) is 21.6 Å². The van der Waals surface area contributed by atoms with Gasteiger partial charge in [-0.3, -0.25) is 14.4 Å². The highest BCUT2D eigenvalue weighted by atomic mass is 35.5. The largest absolute Gasteiger partial charge is 0.346 e. The van der Waals surface area contributed by atoms with Gasteiger partial charge in [0.05, 0.1) is 5.69 Å². The van der Waals surface area contributed by atoms with Crippen LogP contribution in [0.3, 0.4) is 0 Å². The van der Waals surface area contributed by atoms with Gasteiger partial charge in [0.1, 0.15) is 0 Å². The fourth-order valence-corrected chi connectivity index (χ4v) is 2.99. The Bertz CT molecular complexity index is 1170. The second-order valence-corrected chi connectivity index (χ2v) is 7.85. The molecule has 2 amide bonds. The highest BCUT2D eigenvalue weighted by Gasteiger charge is 2.15. The quantitative estimate of drug-likeness (QED) is 0.613. The van der Waals surface area contributed by atoms with Crippen molar-refractivity contribution in [1.82, 2.24) is 15.1 Å². The molecule has 0 aliphatic heterocycles. The number of nitrogens with one attached hydrogen (secondary N) is 2. The van der Waals surface area contributed by atoms with Crippen molar-refractivity contribution in [1.29, 1.82) is 0 Å². The minimum Gasteiger partial charge on any atom is -0.346 e. The minimum absolute atomic E-state index is 0.0900. The first-order chi connectivity index (χ1) is 14.7. The van der Waals surface area contributed by atoms with Crippen LogP contribution in [0.25, 0.3) is 5.69 Å². The number of hydrogen-bond donors (Lipinski definition) is 2. The lowest BCUT2D eigenvalue weighted by atomic mass is 10.1. The van der Waals surface area contributed by atoms with Crippen LogP contribution in [0.2, 0.25) is 5.02 Å². The number of carbonyl (C=O) groups is 2. The Morgan fingerprint density at radius 2 is 1.81 bits per heavy atom. The Kier molecular flexibility index (Phi) is 6.87. The molecule has 0 saturated heterocycles. The van der Waals surface area contributed by atoms with E-state index in [2.05, 4.69) is 15.7 Å². The SMILES string of the molecule is Cc1cc(=O)c(C(=O)NCc2cccc(NC(=O)C(C)C)c2)nn1-c1ccc(Cl)cc1. The summed E-state index contributed by atoms with van der Waals surface area (Å²) in [6.45, 7) is 5.54. The number of anilines is 1. The summed E-state index contributed by atoms with van der Waals surface area (Å²) in [4.78, 5) is 36.9. The maximum atomic E-state index is 12.7. The number of halogens is 1. The zero-order valence-electron chi connectivity index (χ0n) is 17.5. The first kappa shape index (κ1) is 22.2. The van der Waals surface area contributed by atoms with E-state index in [0.717, 1.165) is 5.56 Å². The summed E-state index contributed by atoms with van der Waals surface area (Å²) in [5, 5.41) is 10.4.